The molecule has 1 heterocycles. The largest absolute Gasteiger partial charge is 0.489 e. The summed E-state index contributed by atoms with van der Waals surface area (Å²) < 4.78 is 28.3. The van der Waals surface area contributed by atoms with E-state index in [4.69, 9.17) is 4.74 Å². The molecular weight excluding hydrogens is 250 g/mol. The number of benzene rings is 1. The summed E-state index contributed by atoms with van der Waals surface area (Å²) in [5.74, 6) is 1.12. The molecule has 4 nitrogen and oxygen atoms in total. The van der Waals surface area contributed by atoms with Crippen molar-refractivity contribution in [2.45, 2.75) is 25.5 Å². The van der Waals surface area contributed by atoms with Crippen LogP contribution in [-0.2, 0) is 9.84 Å². The lowest BCUT2D eigenvalue weighted by molar-refractivity contribution is 0.229. The summed E-state index contributed by atoms with van der Waals surface area (Å²) >= 11 is 0. The maximum absolute atomic E-state index is 11.3. The molecule has 100 valence electrons. The Labute approximate surface area is 108 Å². The number of nitrogens with one attached hydrogen (secondary N) is 1. The molecule has 2 rings (SSSR count). The maximum atomic E-state index is 11.3. The zero-order valence-corrected chi connectivity index (χ0v) is 11.5. The molecule has 0 bridgehead atoms. The van der Waals surface area contributed by atoms with Crippen molar-refractivity contribution >= 4 is 9.84 Å². The number of ether oxygens (including phenoxy) is 1. The van der Waals surface area contributed by atoms with Gasteiger partial charge in [0.05, 0.1) is 11.5 Å². The van der Waals surface area contributed by atoms with Gasteiger partial charge in [-0.05, 0) is 38.1 Å². The Hall–Kier alpha value is -1.07. The third kappa shape index (κ3) is 3.23. The SMILES string of the molecule is CNC(C)c1ccc(OC2CCS(=O)(=O)C2)cc1. The average Bonchev–Trinajstić information content (AvgIpc) is 2.68. The fraction of sp³-hybridized carbons (Fsp3) is 0.538. The third-order valence-electron chi connectivity index (χ3n) is 3.31. The number of sulfone groups is 1. The van der Waals surface area contributed by atoms with Crippen LogP contribution in [0.2, 0.25) is 0 Å². The van der Waals surface area contributed by atoms with Crippen molar-refractivity contribution in [1.29, 1.82) is 0 Å². The fourth-order valence-corrected chi connectivity index (χ4v) is 3.64. The van der Waals surface area contributed by atoms with E-state index in [2.05, 4.69) is 12.2 Å². The maximum Gasteiger partial charge on any atom is 0.154 e. The summed E-state index contributed by atoms with van der Waals surface area (Å²) in [6.45, 7) is 2.08. The molecule has 1 N–H and O–H groups in total. The van der Waals surface area contributed by atoms with E-state index >= 15 is 0 Å². The molecule has 2 unspecified atom stereocenters. The molecule has 1 aromatic carbocycles. The molecule has 1 aromatic rings. The minimum absolute atomic E-state index is 0.141. The van der Waals surface area contributed by atoms with Crippen LogP contribution in [0.1, 0.15) is 24.9 Å². The van der Waals surface area contributed by atoms with Crippen molar-refractivity contribution in [3.8, 4) is 5.75 Å². The molecule has 0 aromatic heterocycles. The first-order valence-corrected chi connectivity index (χ1v) is 7.96. The number of hydrogen-bond donors (Lipinski definition) is 1. The molecule has 1 saturated heterocycles. The normalized spacial score (nSPS) is 23.8. The van der Waals surface area contributed by atoms with Crippen LogP contribution in [0.4, 0.5) is 0 Å². The second kappa shape index (κ2) is 5.28. The second-order valence-electron chi connectivity index (χ2n) is 4.72. The molecule has 5 heteroatoms. The third-order valence-corrected chi connectivity index (χ3v) is 5.04. The van der Waals surface area contributed by atoms with Gasteiger partial charge in [0.25, 0.3) is 0 Å². The second-order valence-corrected chi connectivity index (χ2v) is 6.95. The molecule has 0 radical (unpaired) electrons. The first kappa shape index (κ1) is 13.4. The van der Waals surface area contributed by atoms with Crippen molar-refractivity contribution < 1.29 is 13.2 Å². The molecule has 1 aliphatic rings. The predicted octanol–water partition coefficient (Wildman–Crippen LogP) is 1.53. The van der Waals surface area contributed by atoms with Crippen molar-refractivity contribution in [3.05, 3.63) is 29.8 Å². The van der Waals surface area contributed by atoms with Gasteiger partial charge in [-0.1, -0.05) is 12.1 Å². The molecule has 0 saturated carbocycles. The summed E-state index contributed by atoms with van der Waals surface area (Å²) in [5, 5.41) is 3.16. The quantitative estimate of drug-likeness (QED) is 0.900. The highest BCUT2D eigenvalue weighted by molar-refractivity contribution is 7.91. The molecule has 1 aliphatic heterocycles. The summed E-state index contributed by atoms with van der Waals surface area (Å²) in [4.78, 5) is 0. The predicted molar refractivity (Wildman–Crippen MR) is 71.6 cm³/mol. The van der Waals surface area contributed by atoms with E-state index in [-0.39, 0.29) is 17.6 Å². The Bertz CT molecular complexity index is 495. The number of hydrogen-bond acceptors (Lipinski definition) is 4. The first-order valence-electron chi connectivity index (χ1n) is 6.14. The number of rotatable bonds is 4. The van der Waals surface area contributed by atoms with Gasteiger partial charge in [0.1, 0.15) is 11.9 Å². The van der Waals surface area contributed by atoms with E-state index in [0.29, 0.717) is 12.5 Å². The van der Waals surface area contributed by atoms with E-state index < -0.39 is 9.84 Å². The van der Waals surface area contributed by atoms with Crippen molar-refractivity contribution in [2.24, 2.45) is 0 Å². The van der Waals surface area contributed by atoms with Gasteiger partial charge in [-0.15, -0.1) is 0 Å². The molecular formula is C13H19NO3S. The smallest absolute Gasteiger partial charge is 0.154 e. The molecule has 18 heavy (non-hydrogen) atoms. The highest BCUT2D eigenvalue weighted by Crippen LogP contribution is 2.22. The summed E-state index contributed by atoms with van der Waals surface area (Å²) in [5.41, 5.74) is 1.18. The van der Waals surface area contributed by atoms with E-state index in [1.54, 1.807) is 0 Å². The van der Waals surface area contributed by atoms with Crippen LogP contribution in [0.5, 0.6) is 5.75 Å². The van der Waals surface area contributed by atoms with Crippen LogP contribution in [0.25, 0.3) is 0 Å². The van der Waals surface area contributed by atoms with E-state index in [1.807, 2.05) is 31.3 Å². The van der Waals surface area contributed by atoms with E-state index in [1.165, 1.54) is 5.56 Å². The fourth-order valence-electron chi connectivity index (χ4n) is 2.05. The van der Waals surface area contributed by atoms with Crippen LogP contribution in [0.15, 0.2) is 24.3 Å². The van der Waals surface area contributed by atoms with Gasteiger partial charge in [-0.2, -0.15) is 0 Å². The molecule has 0 spiro atoms. The lowest BCUT2D eigenvalue weighted by Gasteiger charge is -2.14. The van der Waals surface area contributed by atoms with Crippen molar-refractivity contribution in [1.82, 2.24) is 5.32 Å². The van der Waals surface area contributed by atoms with Crippen molar-refractivity contribution in [3.63, 3.8) is 0 Å². The van der Waals surface area contributed by atoms with Gasteiger partial charge in [-0.3, -0.25) is 0 Å². The zero-order valence-electron chi connectivity index (χ0n) is 10.7. The monoisotopic (exact) mass is 269 g/mol. The van der Waals surface area contributed by atoms with E-state index in [0.717, 1.165) is 5.75 Å². The van der Waals surface area contributed by atoms with Crippen LogP contribution in [-0.4, -0.2) is 33.1 Å². The van der Waals surface area contributed by atoms with Gasteiger partial charge in [-0.25, -0.2) is 8.42 Å². The Balaban J connectivity index is 1.99. The Morgan fingerprint density at radius 3 is 2.50 bits per heavy atom. The van der Waals surface area contributed by atoms with Crippen LogP contribution in [0.3, 0.4) is 0 Å². The Morgan fingerprint density at radius 2 is 2.00 bits per heavy atom. The topological polar surface area (TPSA) is 55.4 Å². The van der Waals surface area contributed by atoms with Gasteiger partial charge >= 0.3 is 0 Å². The van der Waals surface area contributed by atoms with Crippen LogP contribution >= 0.6 is 0 Å². The average molecular weight is 269 g/mol. The summed E-state index contributed by atoms with van der Waals surface area (Å²) in [6.07, 6.45) is 0.402. The summed E-state index contributed by atoms with van der Waals surface area (Å²) in [7, 11) is -0.961. The molecule has 1 fully saturated rings. The first-order chi connectivity index (χ1) is 8.50. The lowest BCUT2D eigenvalue weighted by atomic mass is 10.1. The highest BCUT2D eigenvalue weighted by Gasteiger charge is 2.29. The lowest BCUT2D eigenvalue weighted by Crippen LogP contribution is -2.17. The van der Waals surface area contributed by atoms with Gasteiger partial charge in [0, 0.05) is 6.04 Å². The standard InChI is InChI=1S/C13H19NO3S/c1-10(14-2)11-3-5-12(6-4-11)17-13-7-8-18(15,16)9-13/h3-6,10,13-14H,7-9H2,1-2H3. The minimum atomic E-state index is -2.88. The van der Waals surface area contributed by atoms with E-state index in [9.17, 15) is 8.42 Å². The molecule has 0 aliphatic carbocycles. The molecule has 2 atom stereocenters. The Morgan fingerprint density at radius 1 is 1.33 bits per heavy atom. The minimum Gasteiger partial charge on any atom is -0.489 e. The molecule has 0 amide bonds. The van der Waals surface area contributed by atoms with Gasteiger partial charge in [0.15, 0.2) is 9.84 Å². The zero-order chi connectivity index (χ0) is 13.2. The summed E-state index contributed by atoms with van der Waals surface area (Å²) in [6, 6.07) is 8.09. The van der Waals surface area contributed by atoms with Crippen LogP contribution in [0, 0.1) is 0 Å². The van der Waals surface area contributed by atoms with Crippen molar-refractivity contribution in [2.75, 3.05) is 18.6 Å². The highest BCUT2D eigenvalue weighted by atomic mass is 32.2. The van der Waals surface area contributed by atoms with Gasteiger partial charge in [0.2, 0.25) is 0 Å². The van der Waals surface area contributed by atoms with Gasteiger partial charge < -0.3 is 10.1 Å². The van der Waals surface area contributed by atoms with Crippen LogP contribution < -0.4 is 10.1 Å². The Kier molecular flexibility index (Phi) is 3.92.